The van der Waals surface area contributed by atoms with Gasteiger partial charge in [0.05, 0.1) is 11.0 Å². The predicted molar refractivity (Wildman–Crippen MR) is 130 cm³/mol. The molecule has 2 bridgehead atoms. The van der Waals surface area contributed by atoms with Crippen LogP contribution in [0, 0.1) is 11.8 Å². The molecule has 180 valence electrons. The Hall–Kier alpha value is -1.53. The molecule has 3 fully saturated rings. The van der Waals surface area contributed by atoms with Crippen molar-refractivity contribution in [1.29, 1.82) is 0 Å². The zero-order chi connectivity index (χ0) is 23.2. The van der Waals surface area contributed by atoms with Crippen LogP contribution in [0.15, 0.2) is 29.1 Å². The minimum Gasteiger partial charge on any atom is -0.320 e. The van der Waals surface area contributed by atoms with E-state index in [4.69, 9.17) is 0 Å². The van der Waals surface area contributed by atoms with E-state index in [0.29, 0.717) is 23.1 Å². The summed E-state index contributed by atoms with van der Waals surface area (Å²) in [4.78, 5) is 39.7. The summed E-state index contributed by atoms with van der Waals surface area (Å²) in [6.07, 6.45) is 11.9. The highest BCUT2D eigenvalue weighted by atomic mass is 31.2. The Bertz CT molecular complexity index is 1100. The van der Waals surface area contributed by atoms with Gasteiger partial charge in [-0.05, 0) is 69.0 Å². The summed E-state index contributed by atoms with van der Waals surface area (Å²) in [6, 6.07) is 8.03. The van der Waals surface area contributed by atoms with E-state index < -0.39 is 18.6 Å². The standard InChI is InChI=1S/C25H36N3O4P/c1-17-6-4-7-18(14-17)12-13-27-19-8-5-9-20(27)16-21(15-19)28-23-11-3-2-10-22(23)26-24(25(28)29)33(30,31)32/h2-3,10-11,17-21H,4-9,12-16H2,1H3,(H2,30,31,32)/t17-,18-,19-,20+,21+/m1/s1. The van der Waals surface area contributed by atoms with Crippen molar-refractivity contribution in [3.05, 3.63) is 34.6 Å². The molecule has 1 saturated carbocycles. The van der Waals surface area contributed by atoms with Crippen LogP contribution < -0.4 is 11.0 Å². The molecule has 8 heteroatoms. The van der Waals surface area contributed by atoms with Gasteiger partial charge in [0, 0.05) is 18.1 Å². The highest BCUT2D eigenvalue weighted by Crippen LogP contribution is 2.41. The lowest BCUT2D eigenvalue weighted by Gasteiger charge is -2.50. The van der Waals surface area contributed by atoms with E-state index in [-0.39, 0.29) is 6.04 Å². The summed E-state index contributed by atoms with van der Waals surface area (Å²) in [5, 5.41) is 0. The number of nitrogens with zero attached hydrogens (tertiary/aromatic N) is 3. The fourth-order valence-corrected chi connectivity index (χ4v) is 7.47. The van der Waals surface area contributed by atoms with Crippen LogP contribution in [0.1, 0.15) is 77.2 Å². The van der Waals surface area contributed by atoms with Crippen molar-refractivity contribution in [3.63, 3.8) is 0 Å². The number of hydrogen-bond donors (Lipinski definition) is 2. The lowest BCUT2D eigenvalue weighted by molar-refractivity contribution is 0.0112. The Morgan fingerprint density at radius 1 is 1.00 bits per heavy atom. The van der Waals surface area contributed by atoms with Gasteiger partial charge in [-0.1, -0.05) is 44.7 Å². The molecule has 3 heterocycles. The summed E-state index contributed by atoms with van der Waals surface area (Å²) in [7, 11) is -4.76. The van der Waals surface area contributed by atoms with Crippen molar-refractivity contribution in [2.75, 3.05) is 6.54 Å². The Morgan fingerprint density at radius 3 is 2.39 bits per heavy atom. The van der Waals surface area contributed by atoms with Crippen LogP contribution in [0.5, 0.6) is 0 Å². The van der Waals surface area contributed by atoms with E-state index in [0.717, 1.165) is 44.1 Å². The van der Waals surface area contributed by atoms with E-state index in [1.54, 1.807) is 16.7 Å². The Balaban J connectivity index is 1.42. The number of para-hydroxylation sites is 2. The summed E-state index contributed by atoms with van der Waals surface area (Å²) in [6.45, 7) is 3.52. The van der Waals surface area contributed by atoms with Gasteiger partial charge in [0.1, 0.15) is 0 Å². The molecule has 0 unspecified atom stereocenters. The van der Waals surface area contributed by atoms with Crippen LogP contribution in [0.25, 0.3) is 11.0 Å². The molecular weight excluding hydrogens is 437 g/mol. The molecule has 33 heavy (non-hydrogen) atoms. The maximum Gasteiger partial charge on any atom is 0.380 e. The quantitative estimate of drug-likeness (QED) is 0.638. The number of aromatic nitrogens is 2. The Morgan fingerprint density at radius 2 is 1.70 bits per heavy atom. The molecule has 0 spiro atoms. The fraction of sp³-hybridized carbons (Fsp3) is 0.680. The number of benzene rings is 1. The zero-order valence-electron chi connectivity index (χ0n) is 19.5. The molecule has 2 N–H and O–H groups in total. The van der Waals surface area contributed by atoms with Gasteiger partial charge in [-0.25, -0.2) is 4.98 Å². The lowest BCUT2D eigenvalue weighted by Crippen LogP contribution is -2.54. The number of hydrogen-bond acceptors (Lipinski definition) is 4. The maximum atomic E-state index is 13.3. The Labute approximate surface area is 195 Å². The van der Waals surface area contributed by atoms with Crippen molar-refractivity contribution >= 4 is 24.1 Å². The third kappa shape index (κ3) is 4.70. The van der Waals surface area contributed by atoms with Crippen LogP contribution in [0.4, 0.5) is 0 Å². The molecule has 3 aliphatic rings. The van der Waals surface area contributed by atoms with E-state index >= 15 is 0 Å². The lowest BCUT2D eigenvalue weighted by atomic mass is 9.78. The van der Waals surface area contributed by atoms with Crippen LogP contribution in [-0.2, 0) is 4.57 Å². The second-order valence-corrected chi connectivity index (χ2v) is 12.2. The smallest absolute Gasteiger partial charge is 0.320 e. The second-order valence-electron chi connectivity index (χ2n) is 10.7. The van der Waals surface area contributed by atoms with E-state index in [1.165, 1.54) is 38.5 Å². The van der Waals surface area contributed by atoms with Crippen molar-refractivity contribution in [2.24, 2.45) is 11.8 Å². The topological polar surface area (TPSA) is 95.7 Å². The van der Waals surface area contributed by atoms with Crippen molar-refractivity contribution in [3.8, 4) is 0 Å². The second kappa shape index (κ2) is 9.26. The minimum absolute atomic E-state index is 0.0584. The van der Waals surface area contributed by atoms with Gasteiger partial charge < -0.3 is 14.4 Å². The van der Waals surface area contributed by atoms with Gasteiger partial charge in [0.15, 0.2) is 0 Å². The van der Waals surface area contributed by atoms with E-state index in [9.17, 15) is 19.1 Å². The average Bonchev–Trinajstić information content (AvgIpc) is 2.76. The SMILES string of the molecule is C[C@@H]1CCC[C@H](CCN2[C@@H]3CCC[C@H]2C[C@@H](n2c(=O)c(P(=O)(O)O)nc4ccccc42)C3)C1. The predicted octanol–water partition coefficient (Wildman–Crippen LogP) is 3.97. The highest BCUT2D eigenvalue weighted by Gasteiger charge is 2.40. The molecular formula is C25H36N3O4P. The molecule has 1 aliphatic carbocycles. The number of piperidine rings is 2. The first kappa shape index (κ1) is 23.2. The number of rotatable bonds is 5. The monoisotopic (exact) mass is 473 g/mol. The molecule has 2 aliphatic heterocycles. The average molecular weight is 474 g/mol. The molecule has 7 nitrogen and oxygen atoms in total. The van der Waals surface area contributed by atoms with Crippen LogP contribution in [0.3, 0.4) is 0 Å². The summed E-state index contributed by atoms with van der Waals surface area (Å²) in [5.41, 5.74) is -0.114. The largest absolute Gasteiger partial charge is 0.380 e. The normalized spacial score (nSPS) is 31.1. The first-order valence-corrected chi connectivity index (χ1v) is 14.3. The van der Waals surface area contributed by atoms with Crippen LogP contribution >= 0.6 is 7.60 Å². The highest BCUT2D eigenvalue weighted by molar-refractivity contribution is 7.59. The van der Waals surface area contributed by atoms with Crippen molar-refractivity contribution in [1.82, 2.24) is 14.5 Å². The minimum atomic E-state index is -4.76. The first-order valence-electron chi connectivity index (χ1n) is 12.6. The third-order valence-electron chi connectivity index (χ3n) is 8.36. The Kier molecular flexibility index (Phi) is 6.51. The maximum absolute atomic E-state index is 13.3. The molecule has 5 atom stereocenters. The summed E-state index contributed by atoms with van der Waals surface area (Å²) in [5.74, 6) is 1.69. The van der Waals surface area contributed by atoms with E-state index in [2.05, 4.69) is 16.8 Å². The van der Waals surface area contributed by atoms with Crippen molar-refractivity contribution < 1.29 is 14.4 Å². The van der Waals surface area contributed by atoms with Gasteiger partial charge in [-0.15, -0.1) is 0 Å². The molecule has 0 amide bonds. The van der Waals surface area contributed by atoms with Gasteiger partial charge in [-0.2, -0.15) is 0 Å². The van der Waals surface area contributed by atoms with Crippen LogP contribution in [0.2, 0.25) is 0 Å². The molecule has 1 aromatic carbocycles. The molecule has 0 radical (unpaired) electrons. The third-order valence-corrected chi connectivity index (χ3v) is 9.20. The molecule has 5 rings (SSSR count). The van der Waals surface area contributed by atoms with Gasteiger partial charge >= 0.3 is 7.60 Å². The van der Waals surface area contributed by atoms with Crippen molar-refractivity contribution in [2.45, 2.75) is 89.3 Å². The summed E-state index contributed by atoms with van der Waals surface area (Å²) >= 11 is 0. The van der Waals surface area contributed by atoms with Gasteiger partial charge in [0.25, 0.3) is 5.56 Å². The zero-order valence-corrected chi connectivity index (χ0v) is 20.4. The summed E-state index contributed by atoms with van der Waals surface area (Å²) < 4.78 is 13.7. The van der Waals surface area contributed by atoms with Gasteiger partial charge in [0.2, 0.25) is 5.44 Å². The fourth-order valence-electron chi connectivity index (χ4n) is 6.87. The molecule has 2 aromatic rings. The van der Waals surface area contributed by atoms with Gasteiger partial charge in [-0.3, -0.25) is 14.3 Å². The first-order chi connectivity index (χ1) is 15.8. The van der Waals surface area contributed by atoms with Crippen LogP contribution in [-0.4, -0.2) is 42.9 Å². The number of fused-ring (bicyclic) bond motifs is 3. The molecule has 1 aromatic heterocycles. The molecule has 2 saturated heterocycles. The van der Waals surface area contributed by atoms with E-state index in [1.807, 2.05) is 12.1 Å².